The van der Waals surface area contributed by atoms with Gasteiger partial charge in [-0.25, -0.2) is 4.79 Å². The lowest BCUT2D eigenvalue weighted by molar-refractivity contribution is 0.0499. The van der Waals surface area contributed by atoms with Crippen molar-refractivity contribution in [2.75, 3.05) is 11.9 Å². The number of unbranched alkanes of at least 4 members (excludes halogenated alkanes) is 1. The highest BCUT2D eigenvalue weighted by atomic mass is 16.5. The van der Waals surface area contributed by atoms with Gasteiger partial charge in [-0.2, -0.15) is 0 Å². The fraction of sp³-hybridized carbons (Fsp3) is 0.381. The molecule has 1 aromatic carbocycles. The molecule has 0 saturated heterocycles. The molecule has 0 bridgehead atoms. The minimum Gasteiger partial charge on any atom is -0.462 e. The maximum Gasteiger partial charge on any atom is 0.338 e. The Bertz CT molecular complexity index is 884. The molecule has 0 aliphatic heterocycles. The molecule has 2 aromatic rings. The Balaban J connectivity index is 1.68. The third kappa shape index (κ3) is 4.64. The van der Waals surface area contributed by atoms with Crippen molar-refractivity contribution < 1.29 is 14.3 Å². The number of aryl methyl sites for hydroxylation is 2. The van der Waals surface area contributed by atoms with Crippen molar-refractivity contribution in [2.24, 2.45) is 0 Å². The van der Waals surface area contributed by atoms with Crippen LogP contribution in [-0.2, 0) is 17.6 Å². The van der Waals surface area contributed by atoms with Gasteiger partial charge in [-0.15, -0.1) is 0 Å². The van der Waals surface area contributed by atoms with Gasteiger partial charge in [-0.1, -0.05) is 13.3 Å². The van der Waals surface area contributed by atoms with Crippen LogP contribution in [-0.4, -0.2) is 23.5 Å². The lowest BCUT2D eigenvalue weighted by Gasteiger charge is -2.16. The number of aromatic amines is 1. The normalized spacial score (nSPS) is 12.9. The first-order chi connectivity index (χ1) is 13.1. The van der Waals surface area contributed by atoms with Crippen LogP contribution in [0.2, 0.25) is 0 Å². The molecule has 0 radical (unpaired) electrons. The molecule has 6 nitrogen and oxygen atoms in total. The zero-order chi connectivity index (χ0) is 19.2. The Labute approximate surface area is 157 Å². The van der Waals surface area contributed by atoms with Crippen molar-refractivity contribution >= 4 is 17.6 Å². The monoisotopic (exact) mass is 368 g/mol. The van der Waals surface area contributed by atoms with E-state index in [4.69, 9.17) is 4.74 Å². The molecule has 1 aliphatic rings. The fourth-order valence-corrected chi connectivity index (χ4v) is 3.12. The van der Waals surface area contributed by atoms with Crippen molar-refractivity contribution in [1.29, 1.82) is 0 Å². The van der Waals surface area contributed by atoms with Gasteiger partial charge >= 0.3 is 5.97 Å². The predicted octanol–water partition coefficient (Wildman–Crippen LogP) is 3.46. The minimum atomic E-state index is -0.456. The van der Waals surface area contributed by atoms with Crippen LogP contribution >= 0.6 is 0 Å². The zero-order valence-electron chi connectivity index (χ0n) is 15.5. The molecule has 0 spiro atoms. The number of H-pyrrole nitrogens is 1. The van der Waals surface area contributed by atoms with E-state index in [-0.39, 0.29) is 17.1 Å². The molecule has 1 aromatic heterocycles. The van der Waals surface area contributed by atoms with E-state index in [1.165, 1.54) is 0 Å². The number of amides is 1. The third-order valence-corrected chi connectivity index (χ3v) is 4.69. The summed E-state index contributed by atoms with van der Waals surface area (Å²) in [5.41, 5.74) is 2.66. The van der Waals surface area contributed by atoms with Gasteiger partial charge in [0.15, 0.2) is 0 Å². The molecule has 6 heteroatoms. The second kappa shape index (κ2) is 8.66. The highest BCUT2D eigenvalue weighted by molar-refractivity contribution is 6.04. The standard InChI is InChI=1S/C21H24N2O4/c1-2-3-12-27-21(26)14-8-10-16(11-9-14)22-19(24)17-13-15-6-4-5-7-18(15)23-20(17)25/h8-11,13H,2-7,12H2,1H3,(H,22,24)(H,23,25). The number of carbonyl (C=O) groups is 2. The Hall–Kier alpha value is -2.89. The number of anilines is 1. The molecule has 0 saturated carbocycles. The van der Waals surface area contributed by atoms with E-state index in [1.54, 1.807) is 30.3 Å². The van der Waals surface area contributed by atoms with Crippen molar-refractivity contribution in [3.63, 3.8) is 0 Å². The van der Waals surface area contributed by atoms with Gasteiger partial charge in [-0.05, 0) is 68.0 Å². The summed E-state index contributed by atoms with van der Waals surface area (Å²) in [4.78, 5) is 39.4. The van der Waals surface area contributed by atoms with Crippen molar-refractivity contribution in [3.05, 3.63) is 63.1 Å². The largest absolute Gasteiger partial charge is 0.462 e. The van der Waals surface area contributed by atoms with Crippen LogP contribution in [0.5, 0.6) is 0 Å². The second-order valence-corrected chi connectivity index (χ2v) is 6.74. The first-order valence-electron chi connectivity index (χ1n) is 9.42. The SMILES string of the molecule is CCCCOC(=O)c1ccc(NC(=O)c2cc3c([nH]c2=O)CCCC3)cc1. The van der Waals surface area contributed by atoms with E-state index in [2.05, 4.69) is 10.3 Å². The number of hydrogen-bond donors (Lipinski definition) is 2. The van der Waals surface area contributed by atoms with Gasteiger partial charge < -0.3 is 15.0 Å². The average Bonchev–Trinajstić information content (AvgIpc) is 2.68. The Kier molecular flexibility index (Phi) is 6.06. The second-order valence-electron chi connectivity index (χ2n) is 6.74. The van der Waals surface area contributed by atoms with Crippen molar-refractivity contribution in [2.45, 2.75) is 45.4 Å². The molecule has 27 heavy (non-hydrogen) atoms. The maximum absolute atomic E-state index is 12.5. The van der Waals surface area contributed by atoms with Crippen molar-refractivity contribution in [1.82, 2.24) is 4.98 Å². The molecule has 1 amide bonds. The van der Waals surface area contributed by atoms with E-state index in [0.717, 1.165) is 49.8 Å². The average molecular weight is 368 g/mol. The number of rotatable bonds is 6. The molecule has 0 unspecified atom stereocenters. The van der Waals surface area contributed by atoms with Gasteiger partial charge in [-0.3, -0.25) is 9.59 Å². The van der Waals surface area contributed by atoms with E-state index < -0.39 is 5.91 Å². The van der Waals surface area contributed by atoms with Crippen LogP contribution in [0.1, 0.15) is 64.6 Å². The van der Waals surface area contributed by atoms with Crippen LogP contribution in [0.4, 0.5) is 5.69 Å². The lowest BCUT2D eigenvalue weighted by atomic mass is 9.95. The molecule has 1 heterocycles. The van der Waals surface area contributed by atoms with E-state index in [9.17, 15) is 14.4 Å². The fourth-order valence-electron chi connectivity index (χ4n) is 3.12. The quantitative estimate of drug-likeness (QED) is 0.604. The summed E-state index contributed by atoms with van der Waals surface area (Å²) in [7, 11) is 0. The Morgan fingerprint density at radius 3 is 2.63 bits per heavy atom. The summed E-state index contributed by atoms with van der Waals surface area (Å²) in [6.07, 6.45) is 5.64. The number of pyridine rings is 1. The predicted molar refractivity (Wildman–Crippen MR) is 103 cm³/mol. The summed E-state index contributed by atoms with van der Waals surface area (Å²) in [5, 5.41) is 2.71. The van der Waals surface area contributed by atoms with Crippen LogP contribution in [0, 0.1) is 0 Å². The minimum absolute atomic E-state index is 0.110. The lowest BCUT2D eigenvalue weighted by Crippen LogP contribution is -2.26. The Morgan fingerprint density at radius 2 is 1.89 bits per heavy atom. The van der Waals surface area contributed by atoms with Gasteiger partial charge in [0.1, 0.15) is 5.56 Å². The van der Waals surface area contributed by atoms with Gasteiger partial charge in [0.2, 0.25) is 0 Å². The molecule has 1 aliphatic carbocycles. The third-order valence-electron chi connectivity index (χ3n) is 4.69. The summed E-state index contributed by atoms with van der Waals surface area (Å²) >= 11 is 0. The first-order valence-corrected chi connectivity index (χ1v) is 9.42. The number of aromatic nitrogens is 1. The molecule has 0 atom stereocenters. The summed E-state index contributed by atoms with van der Waals surface area (Å²) in [6, 6.07) is 8.14. The molecule has 3 rings (SSSR count). The molecule has 0 fully saturated rings. The summed E-state index contributed by atoms with van der Waals surface area (Å²) in [6.45, 7) is 2.42. The zero-order valence-corrected chi connectivity index (χ0v) is 15.5. The number of carbonyl (C=O) groups excluding carboxylic acids is 2. The van der Waals surface area contributed by atoms with Crippen LogP contribution < -0.4 is 10.9 Å². The van der Waals surface area contributed by atoms with E-state index >= 15 is 0 Å². The summed E-state index contributed by atoms with van der Waals surface area (Å²) < 4.78 is 5.16. The van der Waals surface area contributed by atoms with Crippen LogP contribution in [0.25, 0.3) is 0 Å². The van der Waals surface area contributed by atoms with Gasteiger partial charge in [0, 0.05) is 11.4 Å². The van der Waals surface area contributed by atoms with E-state index in [0.29, 0.717) is 17.9 Å². The number of ether oxygens (including phenoxy) is 1. The number of hydrogen-bond acceptors (Lipinski definition) is 4. The number of esters is 1. The molecule has 2 N–H and O–H groups in total. The summed E-state index contributed by atoms with van der Waals surface area (Å²) in [5.74, 6) is -0.838. The Morgan fingerprint density at radius 1 is 1.15 bits per heavy atom. The number of nitrogens with one attached hydrogen (secondary N) is 2. The highest BCUT2D eigenvalue weighted by Crippen LogP contribution is 2.19. The topological polar surface area (TPSA) is 88.3 Å². The van der Waals surface area contributed by atoms with Crippen LogP contribution in [0.3, 0.4) is 0 Å². The van der Waals surface area contributed by atoms with Crippen molar-refractivity contribution in [3.8, 4) is 0 Å². The highest BCUT2D eigenvalue weighted by Gasteiger charge is 2.17. The smallest absolute Gasteiger partial charge is 0.338 e. The number of benzene rings is 1. The van der Waals surface area contributed by atoms with Gasteiger partial charge in [0.05, 0.1) is 12.2 Å². The van der Waals surface area contributed by atoms with Gasteiger partial charge in [0.25, 0.3) is 11.5 Å². The van der Waals surface area contributed by atoms with E-state index in [1.807, 2.05) is 6.92 Å². The van der Waals surface area contributed by atoms with Crippen LogP contribution in [0.15, 0.2) is 35.1 Å². The maximum atomic E-state index is 12.5. The first kappa shape index (κ1) is 18.9. The number of fused-ring (bicyclic) bond motifs is 1. The molecular formula is C21H24N2O4. The molecular weight excluding hydrogens is 344 g/mol. The molecule has 142 valence electrons.